The molecule has 0 bridgehead atoms. The van der Waals surface area contributed by atoms with Crippen LogP contribution < -0.4 is 0 Å². The molecule has 3 heterocycles. The molecule has 1 aromatic rings. The van der Waals surface area contributed by atoms with Crippen LogP contribution in [0, 0.1) is 0 Å². The Morgan fingerprint density at radius 2 is 2.31 bits per heavy atom. The number of rotatable bonds is 0. The van der Waals surface area contributed by atoms with Crippen LogP contribution >= 0.6 is 0 Å². The van der Waals surface area contributed by atoms with Crippen LogP contribution in [0.2, 0.25) is 0 Å². The van der Waals surface area contributed by atoms with Crippen molar-refractivity contribution >= 4 is 11.7 Å². The van der Waals surface area contributed by atoms with E-state index in [1.54, 1.807) is 12.4 Å². The average molecular weight is 171 g/mol. The van der Waals surface area contributed by atoms with E-state index in [0.29, 0.717) is 11.7 Å². The standard InChI is InChI=1S/C8H5N5/c1-5-2-9-4-10-7(5)12-8-6(1)3-11-13-8/h2-4H,1H2. The molecule has 0 saturated carbocycles. The SMILES string of the molecule is C1=C2Cc3cncnc3N=C2N=N1. The Morgan fingerprint density at radius 3 is 3.31 bits per heavy atom. The first-order valence-corrected chi connectivity index (χ1v) is 3.91. The second-order valence-corrected chi connectivity index (χ2v) is 2.85. The first-order valence-electron chi connectivity index (χ1n) is 3.91. The summed E-state index contributed by atoms with van der Waals surface area (Å²) in [7, 11) is 0. The van der Waals surface area contributed by atoms with Crippen LogP contribution in [0.5, 0.6) is 0 Å². The molecule has 1 aromatic heterocycles. The Labute approximate surface area is 74.0 Å². The van der Waals surface area contributed by atoms with Gasteiger partial charge in [-0.25, -0.2) is 15.0 Å². The second kappa shape index (κ2) is 2.29. The third-order valence-electron chi connectivity index (χ3n) is 2.01. The Bertz CT molecular complexity index is 457. The van der Waals surface area contributed by atoms with Crippen LogP contribution in [0.4, 0.5) is 5.82 Å². The molecule has 3 rings (SSSR count). The lowest BCUT2D eigenvalue weighted by molar-refractivity contribution is 1.05. The third-order valence-corrected chi connectivity index (χ3v) is 2.01. The van der Waals surface area contributed by atoms with Crippen LogP contribution in [-0.4, -0.2) is 15.8 Å². The lowest BCUT2D eigenvalue weighted by atomic mass is 10.1. The monoisotopic (exact) mass is 171 g/mol. The highest BCUT2D eigenvalue weighted by Gasteiger charge is 2.20. The summed E-state index contributed by atoms with van der Waals surface area (Å²) in [6.07, 6.45) is 5.78. The molecule has 5 nitrogen and oxygen atoms in total. The van der Waals surface area contributed by atoms with Crippen molar-refractivity contribution in [1.82, 2.24) is 9.97 Å². The van der Waals surface area contributed by atoms with Gasteiger partial charge in [0, 0.05) is 23.8 Å². The quantitative estimate of drug-likeness (QED) is 0.592. The number of aliphatic imine (C=N–C) groups is 1. The molecule has 0 spiro atoms. The number of aromatic nitrogens is 2. The Kier molecular flexibility index (Phi) is 1.16. The van der Waals surface area contributed by atoms with Gasteiger partial charge in [-0.1, -0.05) is 0 Å². The fourth-order valence-corrected chi connectivity index (χ4v) is 1.38. The molecule has 0 unspecified atom stereocenters. The molecular weight excluding hydrogens is 166 g/mol. The molecule has 0 fully saturated rings. The molecule has 2 aliphatic heterocycles. The fourth-order valence-electron chi connectivity index (χ4n) is 1.38. The van der Waals surface area contributed by atoms with E-state index < -0.39 is 0 Å². The number of nitrogens with zero attached hydrogens (tertiary/aromatic N) is 5. The predicted octanol–water partition coefficient (Wildman–Crippen LogP) is 1.41. The summed E-state index contributed by atoms with van der Waals surface area (Å²) >= 11 is 0. The van der Waals surface area contributed by atoms with E-state index in [1.807, 2.05) is 0 Å². The van der Waals surface area contributed by atoms with Crippen molar-refractivity contribution in [3.63, 3.8) is 0 Å². The average Bonchev–Trinajstić information content (AvgIpc) is 2.61. The molecule has 5 heteroatoms. The lowest BCUT2D eigenvalue weighted by Gasteiger charge is -2.09. The van der Waals surface area contributed by atoms with Crippen molar-refractivity contribution in [1.29, 1.82) is 0 Å². The summed E-state index contributed by atoms with van der Waals surface area (Å²) in [5.74, 6) is 1.40. The van der Waals surface area contributed by atoms with Gasteiger partial charge in [-0.2, -0.15) is 5.11 Å². The third kappa shape index (κ3) is 0.900. The van der Waals surface area contributed by atoms with Gasteiger partial charge >= 0.3 is 0 Å². The number of hydrogen-bond acceptors (Lipinski definition) is 5. The number of amidine groups is 1. The van der Waals surface area contributed by atoms with E-state index in [4.69, 9.17) is 0 Å². The summed E-state index contributed by atoms with van der Waals surface area (Å²) in [6, 6.07) is 0. The summed E-state index contributed by atoms with van der Waals surface area (Å²) in [6.45, 7) is 0. The van der Waals surface area contributed by atoms with Crippen molar-refractivity contribution in [2.45, 2.75) is 6.42 Å². The van der Waals surface area contributed by atoms with Gasteiger partial charge in [-0.3, -0.25) is 0 Å². The van der Waals surface area contributed by atoms with E-state index in [2.05, 4.69) is 25.2 Å². The van der Waals surface area contributed by atoms with E-state index >= 15 is 0 Å². The van der Waals surface area contributed by atoms with Gasteiger partial charge in [0.25, 0.3) is 0 Å². The Morgan fingerprint density at radius 1 is 1.31 bits per heavy atom. The number of fused-ring (bicyclic) bond motifs is 2. The summed E-state index contributed by atoms with van der Waals surface area (Å²) in [5, 5.41) is 7.67. The Hall–Kier alpha value is -1.91. The second-order valence-electron chi connectivity index (χ2n) is 2.85. The maximum Gasteiger partial charge on any atom is 0.181 e. The van der Waals surface area contributed by atoms with E-state index in [-0.39, 0.29) is 0 Å². The first kappa shape index (κ1) is 6.59. The molecule has 0 aliphatic carbocycles. The van der Waals surface area contributed by atoms with E-state index in [1.165, 1.54) is 6.33 Å². The predicted molar refractivity (Wildman–Crippen MR) is 45.8 cm³/mol. The molecule has 62 valence electrons. The summed E-state index contributed by atoms with van der Waals surface area (Å²) < 4.78 is 0. The maximum atomic E-state index is 4.24. The van der Waals surface area contributed by atoms with Crippen molar-refractivity contribution in [2.24, 2.45) is 15.2 Å². The van der Waals surface area contributed by atoms with Crippen LogP contribution in [0.25, 0.3) is 0 Å². The van der Waals surface area contributed by atoms with Crippen molar-refractivity contribution < 1.29 is 0 Å². The van der Waals surface area contributed by atoms with Gasteiger partial charge in [0.1, 0.15) is 6.33 Å². The zero-order chi connectivity index (χ0) is 8.67. The highest BCUT2D eigenvalue weighted by Crippen LogP contribution is 2.27. The highest BCUT2D eigenvalue weighted by molar-refractivity contribution is 6.03. The Balaban J connectivity index is 2.21. The molecule has 0 aromatic carbocycles. The van der Waals surface area contributed by atoms with Gasteiger partial charge in [0.2, 0.25) is 0 Å². The zero-order valence-corrected chi connectivity index (χ0v) is 6.68. The van der Waals surface area contributed by atoms with Crippen LogP contribution in [0.15, 0.2) is 39.5 Å². The van der Waals surface area contributed by atoms with Crippen LogP contribution in [0.1, 0.15) is 5.56 Å². The zero-order valence-electron chi connectivity index (χ0n) is 6.68. The molecule has 0 atom stereocenters. The molecule has 13 heavy (non-hydrogen) atoms. The normalized spacial score (nSPS) is 17.5. The van der Waals surface area contributed by atoms with Crippen molar-refractivity contribution in [3.05, 3.63) is 29.9 Å². The summed E-state index contributed by atoms with van der Waals surface area (Å²) in [4.78, 5) is 12.2. The van der Waals surface area contributed by atoms with Gasteiger partial charge in [-0.05, 0) is 0 Å². The van der Waals surface area contributed by atoms with E-state index in [0.717, 1.165) is 17.6 Å². The molecular formula is C8H5N5. The molecule has 0 N–H and O–H groups in total. The largest absolute Gasteiger partial charge is 0.244 e. The molecule has 0 amide bonds. The van der Waals surface area contributed by atoms with Gasteiger partial charge in [0.15, 0.2) is 11.7 Å². The van der Waals surface area contributed by atoms with Gasteiger partial charge in [0.05, 0.1) is 6.20 Å². The maximum absolute atomic E-state index is 4.24. The minimum Gasteiger partial charge on any atom is -0.244 e. The highest BCUT2D eigenvalue weighted by atomic mass is 15.2. The van der Waals surface area contributed by atoms with Gasteiger partial charge in [-0.15, -0.1) is 5.11 Å². The molecule has 2 aliphatic rings. The minimum absolute atomic E-state index is 0.686. The fraction of sp³-hybridized carbons (Fsp3) is 0.125. The van der Waals surface area contributed by atoms with Crippen molar-refractivity contribution in [2.75, 3.05) is 0 Å². The molecule has 0 saturated heterocycles. The first-order chi connectivity index (χ1) is 6.43. The van der Waals surface area contributed by atoms with Crippen LogP contribution in [0.3, 0.4) is 0 Å². The summed E-state index contributed by atoms with van der Waals surface area (Å²) in [5.41, 5.74) is 2.08. The topological polar surface area (TPSA) is 62.9 Å². The smallest absolute Gasteiger partial charge is 0.181 e. The number of azo groups is 1. The van der Waals surface area contributed by atoms with E-state index in [9.17, 15) is 0 Å². The number of hydrogen-bond donors (Lipinski definition) is 0. The lowest BCUT2D eigenvalue weighted by Crippen LogP contribution is -2.06. The van der Waals surface area contributed by atoms with Crippen LogP contribution in [-0.2, 0) is 6.42 Å². The molecule has 0 radical (unpaired) electrons. The van der Waals surface area contributed by atoms with Crippen molar-refractivity contribution in [3.8, 4) is 0 Å². The van der Waals surface area contributed by atoms with Gasteiger partial charge < -0.3 is 0 Å². The minimum atomic E-state index is 0.686.